The van der Waals surface area contributed by atoms with E-state index in [9.17, 15) is 4.79 Å². The summed E-state index contributed by atoms with van der Waals surface area (Å²) in [4.78, 5) is 15.5. The number of amides is 1. The zero-order valence-corrected chi connectivity index (χ0v) is 18.9. The van der Waals surface area contributed by atoms with Crippen LogP contribution < -0.4 is 5.32 Å². The molecule has 28 heavy (non-hydrogen) atoms. The lowest BCUT2D eigenvalue weighted by molar-refractivity contribution is 0.0664. The topological polar surface area (TPSA) is 63.1 Å². The second-order valence-corrected chi connectivity index (χ2v) is 9.30. The standard InChI is InChI=1S/C22H41N5O/c1-16(2)8-7-9-18(5)26(15-12-17(3)4)22(28)21-19(6)27(25-24-21)20-10-13-23-14-11-20/h16-18,20,23H,7-15H2,1-6H3. The first kappa shape index (κ1) is 22.9. The fourth-order valence-corrected chi connectivity index (χ4v) is 3.97. The van der Waals surface area contributed by atoms with Gasteiger partial charge in [0.25, 0.3) is 5.91 Å². The van der Waals surface area contributed by atoms with Gasteiger partial charge in [0.05, 0.1) is 11.7 Å². The Morgan fingerprint density at radius 3 is 2.36 bits per heavy atom. The van der Waals surface area contributed by atoms with Crippen molar-refractivity contribution in [1.82, 2.24) is 25.2 Å². The number of nitrogens with zero attached hydrogens (tertiary/aromatic N) is 4. The quantitative estimate of drug-likeness (QED) is 0.649. The molecule has 6 nitrogen and oxygen atoms in total. The Balaban J connectivity index is 2.12. The van der Waals surface area contributed by atoms with E-state index >= 15 is 0 Å². The lowest BCUT2D eigenvalue weighted by Crippen LogP contribution is -2.40. The third-order valence-electron chi connectivity index (χ3n) is 5.93. The molecule has 1 aromatic rings. The fraction of sp³-hybridized carbons (Fsp3) is 0.864. The molecule has 1 unspecified atom stereocenters. The minimum absolute atomic E-state index is 0.0513. The summed E-state index contributed by atoms with van der Waals surface area (Å²) in [5.74, 6) is 1.33. The van der Waals surface area contributed by atoms with E-state index < -0.39 is 0 Å². The molecule has 0 aromatic carbocycles. The summed E-state index contributed by atoms with van der Waals surface area (Å²) in [7, 11) is 0. The molecule has 1 aliphatic heterocycles. The molecule has 1 amide bonds. The molecule has 0 spiro atoms. The highest BCUT2D eigenvalue weighted by atomic mass is 16.2. The summed E-state index contributed by atoms with van der Waals surface area (Å²) in [6, 6.07) is 0.580. The number of piperidine rings is 1. The van der Waals surface area contributed by atoms with Crippen LogP contribution in [0.2, 0.25) is 0 Å². The van der Waals surface area contributed by atoms with Crippen molar-refractivity contribution in [2.24, 2.45) is 11.8 Å². The highest BCUT2D eigenvalue weighted by molar-refractivity contribution is 5.93. The normalized spacial score (nSPS) is 16.7. The van der Waals surface area contributed by atoms with Crippen LogP contribution in [0.5, 0.6) is 0 Å². The van der Waals surface area contributed by atoms with E-state index in [1.807, 2.05) is 16.5 Å². The maximum atomic E-state index is 13.4. The number of hydrogen-bond acceptors (Lipinski definition) is 4. The third kappa shape index (κ3) is 6.29. The molecule has 2 heterocycles. The molecule has 1 fully saturated rings. The van der Waals surface area contributed by atoms with E-state index in [1.54, 1.807) is 0 Å². The minimum Gasteiger partial charge on any atom is -0.334 e. The van der Waals surface area contributed by atoms with Crippen LogP contribution in [-0.4, -0.2) is 51.5 Å². The molecule has 160 valence electrons. The fourth-order valence-electron chi connectivity index (χ4n) is 3.97. The highest BCUT2D eigenvalue weighted by Gasteiger charge is 2.28. The van der Waals surface area contributed by atoms with E-state index in [4.69, 9.17) is 0 Å². The summed E-state index contributed by atoms with van der Waals surface area (Å²) in [6.07, 6.45) is 6.51. The van der Waals surface area contributed by atoms with Crippen molar-refractivity contribution in [3.63, 3.8) is 0 Å². The largest absolute Gasteiger partial charge is 0.334 e. The van der Waals surface area contributed by atoms with Crippen LogP contribution in [-0.2, 0) is 0 Å². The van der Waals surface area contributed by atoms with Crippen LogP contribution in [0.3, 0.4) is 0 Å². The van der Waals surface area contributed by atoms with Crippen LogP contribution in [0, 0.1) is 18.8 Å². The molecule has 0 aliphatic carbocycles. The predicted octanol–water partition coefficient (Wildman–Crippen LogP) is 4.21. The lowest BCUT2D eigenvalue weighted by Gasteiger charge is -2.30. The number of aromatic nitrogens is 3. The summed E-state index contributed by atoms with van der Waals surface area (Å²) >= 11 is 0. The monoisotopic (exact) mass is 391 g/mol. The molecule has 0 radical (unpaired) electrons. The van der Waals surface area contributed by atoms with E-state index in [1.165, 1.54) is 6.42 Å². The van der Waals surface area contributed by atoms with Crippen LogP contribution in [0.15, 0.2) is 0 Å². The molecule has 1 aliphatic rings. The lowest BCUT2D eigenvalue weighted by atomic mass is 10.0. The Morgan fingerprint density at radius 1 is 1.11 bits per heavy atom. The number of carbonyl (C=O) groups is 1. The smallest absolute Gasteiger partial charge is 0.276 e. The molecular weight excluding hydrogens is 350 g/mol. The Bertz CT molecular complexity index is 604. The van der Waals surface area contributed by atoms with Gasteiger partial charge in [-0.2, -0.15) is 0 Å². The average molecular weight is 392 g/mol. The van der Waals surface area contributed by atoms with Gasteiger partial charge in [-0.3, -0.25) is 4.79 Å². The van der Waals surface area contributed by atoms with Crippen molar-refractivity contribution in [3.05, 3.63) is 11.4 Å². The van der Waals surface area contributed by atoms with E-state index in [2.05, 4.69) is 50.2 Å². The summed E-state index contributed by atoms with van der Waals surface area (Å²) in [5, 5.41) is 12.1. The van der Waals surface area contributed by atoms with Gasteiger partial charge in [-0.05, 0) is 64.5 Å². The van der Waals surface area contributed by atoms with Crippen LogP contribution >= 0.6 is 0 Å². The van der Waals surface area contributed by atoms with E-state index in [0.29, 0.717) is 23.6 Å². The molecule has 0 bridgehead atoms. The molecule has 1 saturated heterocycles. The molecule has 1 atom stereocenters. The first-order valence-corrected chi connectivity index (χ1v) is 11.2. The number of nitrogens with one attached hydrogen (secondary N) is 1. The molecule has 6 heteroatoms. The molecular formula is C22H41N5O. The zero-order chi connectivity index (χ0) is 20.7. The van der Waals surface area contributed by atoms with Gasteiger partial charge in [0.2, 0.25) is 0 Å². The first-order chi connectivity index (χ1) is 13.3. The van der Waals surface area contributed by atoms with Crippen molar-refractivity contribution < 1.29 is 4.79 Å². The van der Waals surface area contributed by atoms with Gasteiger partial charge in [-0.15, -0.1) is 5.10 Å². The van der Waals surface area contributed by atoms with Gasteiger partial charge in [0.1, 0.15) is 0 Å². The number of hydrogen-bond donors (Lipinski definition) is 1. The van der Waals surface area contributed by atoms with Gasteiger partial charge < -0.3 is 10.2 Å². The van der Waals surface area contributed by atoms with Gasteiger partial charge in [-0.25, -0.2) is 4.68 Å². The van der Waals surface area contributed by atoms with Crippen LogP contribution in [0.25, 0.3) is 0 Å². The van der Waals surface area contributed by atoms with Crippen molar-refractivity contribution >= 4 is 5.91 Å². The van der Waals surface area contributed by atoms with Crippen molar-refractivity contribution in [2.75, 3.05) is 19.6 Å². The number of rotatable bonds is 10. The van der Waals surface area contributed by atoms with Crippen LogP contribution in [0.1, 0.15) is 95.4 Å². The van der Waals surface area contributed by atoms with Crippen molar-refractivity contribution in [3.8, 4) is 0 Å². The third-order valence-corrected chi connectivity index (χ3v) is 5.93. The summed E-state index contributed by atoms with van der Waals surface area (Å²) < 4.78 is 1.98. The van der Waals surface area contributed by atoms with Gasteiger partial charge >= 0.3 is 0 Å². The maximum Gasteiger partial charge on any atom is 0.276 e. The highest BCUT2D eigenvalue weighted by Crippen LogP contribution is 2.22. The van der Waals surface area contributed by atoms with Gasteiger partial charge in [0.15, 0.2) is 5.69 Å². The zero-order valence-electron chi connectivity index (χ0n) is 18.9. The predicted molar refractivity (Wildman–Crippen MR) is 115 cm³/mol. The van der Waals surface area contributed by atoms with Crippen molar-refractivity contribution in [1.29, 1.82) is 0 Å². The average Bonchev–Trinajstić information content (AvgIpc) is 3.03. The van der Waals surface area contributed by atoms with Crippen molar-refractivity contribution in [2.45, 2.75) is 92.2 Å². The molecule has 2 rings (SSSR count). The summed E-state index contributed by atoms with van der Waals surface area (Å²) in [6.45, 7) is 15.9. The number of carbonyl (C=O) groups excluding carboxylic acids is 1. The van der Waals surface area contributed by atoms with Gasteiger partial charge in [-0.1, -0.05) is 45.7 Å². The molecule has 0 saturated carbocycles. The second-order valence-electron chi connectivity index (χ2n) is 9.30. The Hall–Kier alpha value is -1.43. The molecule has 1 aromatic heterocycles. The maximum absolute atomic E-state index is 13.4. The van der Waals surface area contributed by atoms with Crippen LogP contribution in [0.4, 0.5) is 0 Å². The summed E-state index contributed by atoms with van der Waals surface area (Å²) in [5.41, 5.74) is 1.46. The SMILES string of the molecule is Cc1c(C(=O)N(CCC(C)C)C(C)CCCC(C)C)nnn1C1CCNCC1. The van der Waals surface area contributed by atoms with E-state index in [-0.39, 0.29) is 11.9 Å². The second kappa shape index (κ2) is 10.9. The van der Waals surface area contributed by atoms with Gasteiger partial charge in [0, 0.05) is 12.6 Å². The Morgan fingerprint density at radius 2 is 1.75 bits per heavy atom. The Labute approximate surface area is 171 Å². The Kier molecular flexibility index (Phi) is 8.93. The minimum atomic E-state index is 0.0513. The molecule has 1 N–H and O–H groups in total. The van der Waals surface area contributed by atoms with E-state index in [0.717, 1.165) is 57.4 Å². The first-order valence-electron chi connectivity index (χ1n) is 11.2.